The van der Waals surface area contributed by atoms with Crippen molar-refractivity contribution in [3.8, 4) is 22.8 Å². The molecule has 6 heteroatoms. The third kappa shape index (κ3) is 3.58. The highest BCUT2D eigenvalue weighted by molar-refractivity contribution is 5.97. The van der Waals surface area contributed by atoms with Crippen molar-refractivity contribution in [2.24, 2.45) is 0 Å². The molecule has 0 atom stereocenters. The maximum absolute atomic E-state index is 12.0. The standard InChI is InChI=1S/C19H16N2O4/c1-12-16(18(22)24-2)17(21-19(23)20-12)13-8-10-15(11-9-13)25-14-6-4-3-5-7-14/h3-11H,1-2H3,(H,20,21,23). The quantitative estimate of drug-likeness (QED) is 0.739. The van der Waals surface area contributed by atoms with Crippen LogP contribution >= 0.6 is 0 Å². The van der Waals surface area contributed by atoms with E-state index in [-0.39, 0.29) is 11.3 Å². The van der Waals surface area contributed by atoms with E-state index in [1.54, 1.807) is 31.2 Å². The van der Waals surface area contributed by atoms with Gasteiger partial charge in [0.1, 0.15) is 17.1 Å². The lowest BCUT2D eigenvalue weighted by atomic mass is 10.0. The summed E-state index contributed by atoms with van der Waals surface area (Å²) in [5, 5.41) is 0. The second kappa shape index (κ2) is 7.00. The molecule has 126 valence electrons. The van der Waals surface area contributed by atoms with Crippen molar-refractivity contribution >= 4 is 5.97 Å². The number of hydrogen-bond donors (Lipinski definition) is 1. The van der Waals surface area contributed by atoms with Crippen LogP contribution in [-0.2, 0) is 4.74 Å². The average Bonchev–Trinajstić information content (AvgIpc) is 2.62. The Morgan fingerprint density at radius 1 is 1.00 bits per heavy atom. The summed E-state index contributed by atoms with van der Waals surface area (Å²) in [6.45, 7) is 1.63. The normalized spacial score (nSPS) is 10.3. The van der Waals surface area contributed by atoms with Crippen LogP contribution in [0.4, 0.5) is 0 Å². The molecular weight excluding hydrogens is 320 g/mol. The van der Waals surface area contributed by atoms with Gasteiger partial charge in [0.25, 0.3) is 0 Å². The molecule has 3 rings (SSSR count). The molecule has 1 N–H and O–H groups in total. The summed E-state index contributed by atoms with van der Waals surface area (Å²) < 4.78 is 10.5. The van der Waals surface area contributed by atoms with Crippen LogP contribution in [0.1, 0.15) is 16.1 Å². The second-order valence-corrected chi connectivity index (χ2v) is 5.32. The van der Waals surface area contributed by atoms with Gasteiger partial charge in [-0.25, -0.2) is 9.59 Å². The second-order valence-electron chi connectivity index (χ2n) is 5.32. The number of H-pyrrole nitrogens is 1. The van der Waals surface area contributed by atoms with E-state index in [0.717, 1.165) is 5.75 Å². The summed E-state index contributed by atoms with van der Waals surface area (Å²) in [5.41, 5.74) is 1.02. The van der Waals surface area contributed by atoms with Crippen LogP contribution in [0.3, 0.4) is 0 Å². The van der Waals surface area contributed by atoms with Gasteiger partial charge in [-0.1, -0.05) is 18.2 Å². The highest BCUT2D eigenvalue weighted by atomic mass is 16.5. The van der Waals surface area contributed by atoms with Gasteiger partial charge in [-0.3, -0.25) is 0 Å². The van der Waals surface area contributed by atoms with Crippen LogP contribution < -0.4 is 10.4 Å². The molecule has 0 amide bonds. The van der Waals surface area contributed by atoms with Crippen molar-refractivity contribution in [1.82, 2.24) is 9.97 Å². The van der Waals surface area contributed by atoms with Crippen LogP contribution in [0, 0.1) is 6.92 Å². The van der Waals surface area contributed by atoms with Crippen molar-refractivity contribution in [2.45, 2.75) is 6.92 Å². The first-order chi connectivity index (χ1) is 12.1. The Morgan fingerprint density at radius 2 is 1.64 bits per heavy atom. The number of carbonyl (C=O) groups is 1. The van der Waals surface area contributed by atoms with Crippen molar-refractivity contribution < 1.29 is 14.3 Å². The van der Waals surface area contributed by atoms with E-state index in [1.807, 2.05) is 30.3 Å². The van der Waals surface area contributed by atoms with Crippen LogP contribution in [0.2, 0.25) is 0 Å². The number of para-hydroxylation sites is 1. The largest absolute Gasteiger partial charge is 0.465 e. The van der Waals surface area contributed by atoms with Crippen LogP contribution in [0.15, 0.2) is 59.4 Å². The lowest BCUT2D eigenvalue weighted by Gasteiger charge is -2.10. The Labute approximate surface area is 144 Å². The van der Waals surface area contributed by atoms with E-state index in [1.165, 1.54) is 7.11 Å². The van der Waals surface area contributed by atoms with Crippen molar-refractivity contribution in [2.75, 3.05) is 7.11 Å². The van der Waals surface area contributed by atoms with E-state index in [4.69, 9.17) is 9.47 Å². The smallest absolute Gasteiger partial charge is 0.345 e. The minimum Gasteiger partial charge on any atom is -0.465 e. The number of nitrogens with zero attached hydrogens (tertiary/aromatic N) is 1. The van der Waals surface area contributed by atoms with Crippen LogP contribution in [0.5, 0.6) is 11.5 Å². The van der Waals surface area contributed by atoms with Gasteiger partial charge < -0.3 is 14.5 Å². The third-order valence-electron chi connectivity index (χ3n) is 3.62. The number of benzene rings is 2. The molecule has 0 spiro atoms. The summed E-state index contributed by atoms with van der Waals surface area (Å²) in [5.74, 6) is 0.799. The number of aromatic amines is 1. The minimum atomic E-state index is -0.555. The fraction of sp³-hybridized carbons (Fsp3) is 0.105. The fourth-order valence-electron chi connectivity index (χ4n) is 2.45. The zero-order chi connectivity index (χ0) is 17.8. The van der Waals surface area contributed by atoms with E-state index in [9.17, 15) is 9.59 Å². The number of esters is 1. The highest BCUT2D eigenvalue weighted by Crippen LogP contribution is 2.27. The van der Waals surface area contributed by atoms with Gasteiger partial charge in [0.15, 0.2) is 0 Å². The lowest BCUT2D eigenvalue weighted by molar-refractivity contribution is 0.0599. The first-order valence-corrected chi connectivity index (χ1v) is 7.61. The Kier molecular flexibility index (Phi) is 4.61. The molecule has 25 heavy (non-hydrogen) atoms. The molecule has 0 aliphatic heterocycles. The molecule has 0 aliphatic carbocycles. The predicted octanol–water partition coefficient (Wildman–Crippen LogP) is 3.32. The molecule has 0 unspecified atom stereocenters. The molecule has 0 radical (unpaired) electrons. The number of carbonyl (C=O) groups excluding carboxylic acids is 1. The summed E-state index contributed by atoms with van der Waals surface area (Å²) in [7, 11) is 1.29. The van der Waals surface area contributed by atoms with Gasteiger partial charge in [0.05, 0.1) is 12.8 Å². The number of aryl methyl sites for hydroxylation is 1. The molecule has 3 aromatic rings. The molecule has 6 nitrogen and oxygen atoms in total. The van der Waals surface area contributed by atoms with Gasteiger partial charge in [-0.05, 0) is 43.3 Å². The van der Waals surface area contributed by atoms with E-state index >= 15 is 0 Å². The van der Waals surface area contributed by atoms with Gasteiger partial charge in [-0.2, -0.15) is 4.98 Å². The first kappa shape index (κ1) is 16.4. The Hall–Kier alpha value is -3.41. The van der Waals surface area contributed by atoms with Crippen molar-refractivity contribution in [1.29, 1.82) is 0 Å². The highest BCUT2D eigenvalue weighted by Gasteiger charge is 2.19. The fourth-order valence-corrected chi connectivity index (χ4v) is 2.45. The van der Waals surface area contributed by atoms with Gasteiger partial charge >= 0.3 is 11.7 Å². The summed E-state index contributed by atoms with van der Waals surface area (Å²) in [4.78, 5) is 30.2. The molecule has 1 heterocycles. The predicted molar refractivity (Wildman–Crippen MR) is 92.9 cm³/mol. The zero-order valence-corrected chi connectivity index (χ0v) is 13.8. The number of ether oxygens (including phenoxy) is 2. The number of rotatable bonds is 4. The average molecular weight is 336 g/mol. The number of methoxy groups -OCH3 is 1. The summed E-state index contributed by atoms with van der Waals surface area (Å²) in [6, 6.07) is 16.4. The number of nitrogens with one attached hydrogen (secondary N) is 1. The molecule has 0 saturated carbocycles. The topological polar surface area (TPSA) is 81.3 Å². The van der Waals surface area contributed by atoms with E-state index in [2.05, 4.69) is 9.97 Å². The Bertz CT molecular complexity index is 947. The molecule has 1 aromatic heterocycles. The Balaban J connectivity index is 1.97. The van der Waals surface area contributed by atoms with Crippen molar-refractivity contribution in [3.63, 3.8) is 0 Å². The Morgan fingerprint density at radius 3 is 2.28 bits per heavy atom. The van der Waals surface area contributed by atoms with Crippen LogP contribution in [-0.4, -0.2) is 23.0 Å². The molecule has 0 saturated heterocycles. The van der Waals surface area contributed by atoms with Crippen molar-refractivity contribution in [3.05, 3.63) is 76.3 Å². The lowest BCUT2D eigenvalue weighted by Crippen LogP contribution is -2.19. The summed E-state index contributed by atoms with van der Waals surface area (Å²) in [6.07, 6.45) is 0. The molecule has 0 fully saturated rings. The first-order valence-electron chi connectivity index (χ1n) is 7.61. The minimum absolute atomic E-state index is 0.235. The summed E-state index contributed by atoms with van der Waals surface area (Å²) >= 11 is 0. The molecule has 2 aromatic carbocycles. The molecule has 0 aliphatic rings. The number of aromatic nitrogens is 2. The van der Waals surface area contributed by atoms with E-state index < -0.39 is 11.7 Å². The molecule has 0 bridgehead atoms. The maximum atomic E-state index is 12.0. The number of hydrogen-bond acceptors (Lipinski definition) is 5. The molecular formula is C19H16N2O4. The van der Waals surface area contributed by atoms with Gasteiger partial charge in [0, 0.05) is 11.3 Å². The SMILES string of the molecule is COC(=O)c1c(-c2ccc(Oc3ccccc3)cc2)nc(=O)[nH]c1C. The van der Waals surface area contributed by atoms with E-state index in [0.29, 0.717) is 17.0 Å². The maximum Gasteiger partial charge on any atom is 0.345 e. The third-order valence-corrected chi connectivity index (χ3v) is 3.62. The zero-order valence-electron chi connectivity index (χ0n) is 13.8. The van der Waals surface area contributed by atoms with Gasteiger partial charge in [-0.15, -0.1) is 0 Å². The van der Waals surface area contributed by atoms with Gasteiger partial charge in [0.2, 0.25) is 0 Å². The van der Waals surface area contributed by atoms with Crippen LogP contribution in [0.25, 0.3) is 11.3 Å². The monoisotopic (exact) mass is 336 g/mol.